The first-order valence-corrected chi connectivity index (χ1v) is 9.19. The highest BCUT2D eigenvalue weighted by atomic mass is 16.6. The van der Waals surface area contributed by atoms with Crippen LogP contribution in [0.15, 0.2) is 11.6 Å². The minimum atomic E-state index is -0.912. The van der Waals surface area contributed by atoms with E-state index in [9.17, 15) is 9.59 Å². The summed E-state index contributed by atoms with van der Waals surface area (Å²) < 4.78 is 5.73. The van der Waals surface area contributed by atoms with E-state index < -0.39 is 5.41 Å². The number of ketones is 1. The van der Waals surface area contributed by atoms with E-state index in [4.69, 9.17) is 4.74 Å². The van der Waals surface area contributed by atoms with Crippen LogP contribution in [0.2, 0.25) is 0 Å². The summed E-state index contributed by atoms with van der Waals surface area (Å²) in [6.45, 7) is 8.83. The Labute approximate surface area is 138 Å². The lowest BCUT2D eigenvalue weighted by Gasteiger charge is -2.56. The molecular formula is C20H28O3. The average Bonchev–Trinajstić information content (AvgIpc) is 2.77. The van der Waals surface area contributed by atoms with Gasteiger partial charge in [-0.15, -0.1) is 0 Å². The maximum absolute atomic E-state index is 12.6. The lowest BCUT2D eigenvalue weighted by atomic mass is 9.45. The molecule has 1 saturated heterocycles. The van der Waals surface area contributed by atoms with Crippen LogP contribution < -0.4 is 0 Å². The second-order valence-corrected chi connectivity index (χ2v) is 9.15. The highest BCUT2D eigenvalue weighted by Gasteiger charge is 2.69. The molecule has 0 amide bonds. The molecular weight excluding hydrogens is 288 g/mol. The molecule has 3 nitrogen and oxygen atoms in total. The van der Waals surface area contributed by atoms with Gasteiger partial charge in [0.05, 0.1) is 0 Å². The third-order valence-corrected chi connectivity index (χ3v) is 7.94. The van der Waals surface area contributed by atoms with Crippen LogP contribution in [0.25, 0.3) is 0 Å². The van der Waals surface area contributed by atoms with Crippen molar-refractivity contribution >= 4 is 11.8 Å². The number of carbonyl (C=O) groups excluding carboxylic acids is 2. The number of hydrogen-bond donors (Lipinski definition) is 0. The predicted octanol–water partition coefficient (Wildman–Crippen LogP) is 4.06. The Balaban J connectivity index is 1.81. The number of ether oxygens (including phenoxy) is 1. The van der Waals surface area contributed by atoms with Crippen molar-refractivity contribution in [3.63, 3.8) is 0 Å². The molecule has 0 spiro atoms. The van der Waals surface area contributed by atoms with E-state index in [2.05, 4.69) is 26.8 Å². The molecule has 1 aliphatic heterocycles. The van der Waals surface area contributed by atoms with Crippen molar-refractivity contribution in [1.29, 1.82) is 0 Å². The Hall–Kier alpha value is -1.12. The Morgan fingerprint density at radius 3 is 2.65 bits per heavy atom. The molecule has 126 valence electrons. The molecule has 0 unspecified atom stereocenters. The minimum Gasteiger partial charge on any atom is -0.457 e. The van der Waals surface area contributed by atoms with E-state index in [0.29, 0.717) is 17.8 Å². The van der Waals surface area contributed by atoms with Crippen molar-refractivity contribution in [1.82, 2.24) is 0 Å². The van der Waals surface area contributed by atoms with Crippen LogP contribution in [0, 0.1) is 28.1 Å². The second-order valence-electron chi connectivity index (χ2n) is 9.15. The smallest absolute Gasteiger partial charge is 0.320 e. The molecule has 0 aromatic heterocycles. The van der Waals surface area contributed by atoms with Crippen molar-refractivity contribution in [3.8, 4) is 0 Å². The molecule has 23 heavy (non-hydrogen) atoms. The molecule has 2 saturated carbocycles. The number of esters is 1. The molecule has 0 radical (unpaired) electrons. The summed E-state index contributed by atoms with van der Waals surface area (Å²) >= 11 is 0. The summed E-state index contributed by atoms with van der Waals surface area (Å²) in [7, 11) is 0. The number of hydrogen-bond acceptors (Lipinski definition) is 3. The number of fused-ring (bicyclic) bond motifs is 2. The molecule has 3 aliphatic carbocycles. The van der Waals surface area contributed by atoms with E-state index in [1.54, 1.807) is 0 Å². The standard InChI is InChI=1S/C20H28O3/c1-5-18(2)8-6-13-12(11-18)10-14-16-19(13,3)9-7-15(21)20(16,4)17(22)23-14/h10,13-14,16H,5-9,11H2,1-4H3/t13-,14-,16-,18-,19-,20+/m1/s1. The van der Waals surface area contributed by atoms with E-state index in [0.717, 1.165) is 12.8 Å². The normalized spacial score (nSPS) is 51.7. The maximum atomic E-state index is 12.6. The molecule has 6 atom stereocenters. The number of allylic oxidation sites excluding steroid dienone is 1. The predicted molar refractivity (Wildman–Crippen MR) is 87.6 cm³/mol. The Morgan fingerprint density at radius 1 is 1.22 bits per heavy atom. The van der Waals surface area contributed by atoms with Gasteiger partial charge in [-0.1, -0.05) is 32.8 Å². The van der Waals surface area contributed by atoms with Gasteiger partial charge in [-0.2, -0.15) is 0 Å². The monoisotopic (exact) mass is 316 g/mol. The van der Waals surface area contributed by atoms with Crippen molar-refractivity contribution in [2.75, 3.05) is 0 Å². The Kier molecular flexibility index (Phi) is 3.01. The van der Waals surface area contributed by atoms with E-state index in [1.807, 2.05) is 6.92 Å². The van der Waals surface area contributed by atoms with Crippen LogP contribution in [0.1, 0.15) is 66.2 Å². The van der Waals surface area contributed by atoms with E-state index in [1.165, 1.54) is 24.8 Å². The molecule has 4 aliphatic rings. The molecule has 3 fully saturated rings. The average molecular weight is 316 g/mol. The summed E-state index contributed by atoms with van der Waals surface area (Å²) in [5, 5.41) is 0. The first-order valence-electron chi connectivity index (χ1n) is 9.19. The van der Waals surface area contributed by atoms with Gasteiger partial charge < -0.3 is 4.74 Å². The van der Waals surface area contributed by atoms with Gasteiger partial charge >= 0.3 is 5.97 Å². The van der Waals surface area contributed by atoms with Crippen LogP contribution in [0.3, 0.4) is 0 Å². The first-order chi connectivity index (χ1) is 10.7. The molecule has 3 heteroatoms. The fraction of sp³-hybridized carbons (Fsp3) is 0.800. The largest absolute Gasteiger partial charge is 0.457 e. The van der Waals surface area contributed by atoms with E-state index >= 15 is 0 Å². The van der Waals surface area contributed by atoms with Crippen LogP contribution >= 0.6 is 0 Å². The van der Waals surface area contributed by atoms with Gasteiger partial charge in [0.2, 0.25) is 0 Å². The van der Waals surface area contributed by atoms with Gasteiger partial charge in [-0.25, -0.2) is 0 Å². The highest BCUT2D eigenvalue weighted by Crippen LogP contribution is 2.65. The van der Waals surface area contributed by atoms with Gasteiger partial charge in [0, 0.05) is 12.3 Å². The quantitative estimate of drug-likeness (QED) is 0.416. The second kappa shape index (κ2) is 4.49. The van der Waals surface area contributed by atoms with Crippen molar-refractivity contribution in [3.05, 3.63) is 11.6 Å². The maximum Gasteiger partial charge on any atom is 0.320 e. The van der Waals surface area contributed by atoms with Crippen molar-refractivity contribution in [2.45, 2.75) is 72.3 Å². The molecule has 0 bridgehead atoms. The summed E-state index contributed by atoms with van der Waals surface area (Å²) in [5.41, 5.74) is 0.988. The molecule has 0 aromatic rings. The summed E-state index contributed by atoms with van der Waals surface area (Å²) in [6, 6.07) is 0. The van der Waals surface area contributed by atoms with Gasteiger partial charge in [0.1, 0.15) is 17.3 Å². The van der Waals surface area contributed by atoms with Crippen LogP contribution in [0.5, 0.6) is 0 Å². The van der Waals surface area contributed by atoms with Crippen LogP contribution in [-0.4, -0.2) is 17.9 Å². The van der Waals surface area contributed by atoms with Crippen LogP contribution in [-0.2, 0) is 14.3 Å². The molecule has 0 N–H and O–H groups in total. The third-order valence-electron chi connectivity index (χ3n) is 7.94. The SMILES string of the molecule is CC[C@]1(C)CC[C@@H]2C(=C[C@H]3OC(=O)[C@@]4(C)C(=O)CC[C@@]2(C)[C@@H]34)C1. The zero-order valence-electron chi connectivity index (χ0n) is 14.8. The fourth-order valence-corrected chi connectivity index (χ4v) is 6.23. The summed E-state index contributed by atoms with van der Waals surface area (Å²) in [6.07, 6.45) is 8.22. The summed E-state index contributed by atoms with van der Waals surface area (Å²) in [5.74, 6) is 0.365. The Morgan fingerprint density at radius 2 is 1.96 bits per heavy atom. The topological polar surface area (TPSA) is 43.4 Å². The zero-order valence-corrected chi connectivity index (χ0v) is 14.8. The first kappa shape index (κ1) is 15.4. The Bertz CT molecular complexity index is 620. The number of rotatable bonds is 1. The van der Waals surface area contributed by atoms with Crippen LogP contribution in [0.4, 0.5) is 0 Å². The van der Waals surface area contributed by atoms with Gasteiger partial charge in [0.25, 0.3) is 0 Å². The van der Waals surface area contributed by atoms with Gasteiger partial charge in [-0.3, -0.25) is 9.59 Å². The fourth-order valence-electron chi connectivity index (χ4n) is 6.23. The molecule has 0 aromatic carbocycles. The number of Topliss-reactive ketones (excluding diaryl/α,β-unsaturated/α-hetero) is 1. The van der Waals surface area contributed by atoms with Crippen molar-refractivity contribution in [2.24, 2.45) is 28.1 Å². The molecule has 4 rings (SSSR count). The lowest BCUT2D eigenvalue weighted by Crippen LogP contribution is -2.57. The minimum absolute atomic E-state index is 0.0264. The molecule has 1 heterocycles. The van der Waals surface area contributed by atoms with E-state index in [-0.39, 0.29) is 29.2 Å². The number of carbonyl (C=O) groups is 2. The van der Waals surface area contributed by atoms with Crippen molar-refractivity contribution < 1.29 is 14.3 Å². The third kappa shape index (κ3) is 1.77. The van der Waals surface area contributed by atoms with Gasteiger partial charge in [-0.05, 0) is 55.4 Å². The lowest BCUT2D eigenvalue weighted by molar-refractivity contribution is -0.155. The van der Waals surface area contributed by atoms with Gasteiger partial charge in [0.15, 0.2) is 0 Å². The highest BCUT2D eigenvalue weighted by molar-refractivity contribution is 6.06. The zero-order chi connectivity index (χ0) is 16.6. The summed E-state index contributed by atoms with van der Waals surface area (Å²) in [4.78, 5) is 25.1.